The summed E-state index contributed by atoms with van der Waals surface area (Å²) in [5, 5.41) is 3.21. The van der Waals surface area contributed by atoms with Gasteiger partial charge in [-0.05, 0) is 65.9 Å². The molecule has 2 N–H and O–H groups in total. The maximum absolute atomic E-state index is 12.9. The molecule has 0 saturated carbocycles. The number of fused-ring (bicyclic) bond motifs is 1. The first-order chi connectivity index (χ1) is 13.9. The molecule has 146 valence electrons. The Morgan fingerprint density at radius 2 is 1.38 bits per heavy atom. The highest BCUT2D eigenvalue weighted by Crippen LogP contribution is 2.29. The van der Waals surface area contributed by atoms with Gasteiger partial charge in [-0.3, -0.25) is 4.72 Å². The van der Waals surface area contributed by atoms with E-state index in [1.807, 2.05) is 49.4 Å². The summed E-state index contributed by atoms with van der Waals surface area (Å²) in [7, 11) is -3.82. The highest BCUT2D eigenvalue weighted by Gasteiger charge is 2.19. The molecule has 0 aliphatic carbocycles. The van der Waals surface area contributed by atoms with Gasteiger partial charge in [0.15, 0.2) is 11.6 Å². The molecule has 0 amide bonds. The van der Waals surface area contributed by atoms with E-state index in [1.165, 1.54) is 0 Å². The third-order valence-electron chi connectivity index (χ3n) is 4.26. The highest BCUT2D eigenvalue weighted by molar-refractivity contribution is 14.1. The largest absolute Gasteiger partial charge is 0.336 e. The van der Waals surface area contributed by atoms with Crippen LogP contribution in [0.25, 0.3) is 11.0 Å². The molecule has 4 rings (SSSR count). The number of hydrogen-bond acceptors (Lipinski definition) is 5. The van der Waals surface area contributed by atoms with Crippen molar-refractivity contribution in [3.05, 3.63) is 81.9 Å². The lowest BCUT2D eigenvalue weighted by Crippen LogP contribution is -2.16. The van der Waals surface area contributed by atoms with Gasteiger partial charge in [-0.1, -0.05) is 42.0 Å². The van der Waals surface area contributed by atoms with E-state index in [9.17, 15) is 8.42 Å². The summed E-state index contributed by atoms with van der Waals surface area (Å²) >= 11 is 2.21. The Kier molecular flexibility index (Phi) is 5.37. The molecule has 0 atom stereocenters. The highest BCUT2D eigenvalue weighted by atomic mass is 127. The molecule has 0 aliphatic rings. The lowest BCUT2D eigenvalue weighted by atomic mass is 10.2. The van der Waals surface area contributed by atoms with E-state index < -0.39 is 10.0 Å². The number of benzene rings is 3. The zero-order chi connectivity index (χ0) is 20.4. The predicted octanol–water partition coefficient (Wildman–Crippen LogP) is 5.09. The lowest BCUT2D eigenvalue weighted by Gasteiger charge is -2.14. The number of aromatic nitrogens is 2. The third kappa shape index (κ3) is 4.33. The van der Waals surface area contributed by atoms with Crippen molar-refractivity contribution in [3.8, 4) is 0 Å². The van der Waals surface area contributed by atoms with Crippen molar-refractivity contribution in [1.82, 2.24) is 9.97 Å². The molecule has 1 heterocycles. The van der Waals surface area contributed by atoms with Gasteiger partial charge in [0.1, 0.15) is 0 Å². The van der Waals surface area contributed by atoms with E-state index >= 15 is 0 Å². The summed E-state index contributed by atoms with van der Waals surface area (Å²) in [6.45, 7) is 1.90. The number of nitrogens with zero attached hydrogens (tertiary/aromatic N) is 2. The van der Waals surface area contributed by atoms with Crippen molar-refractivity contribution in [3.63, 3.8) is 0 Å². The Hall–Kier alpha value is -2.72. The topological polar surface area (TPSA) is 84.0 Å². The van der Waals surface area contributed by atoms with Crippen LogP contribution >= 0.6 is 22.6 Å². The van der Waals surface area contributed by atoms with Crippen LogP contribution in [-0.4, -0.2) is 18.4 Å². The van der Waals surface area contributed by atoms with Crippen LogP contribution in [0.2, 0.25) is 0 Å². The van der Waals surface area contributed by atoms with Gasteiger partial charge in [0.25, 0.3) is 10.0 Å². The zero-order valence-electron chi connectivity index (χ0n) is 15.4. The number of hydrogen-bond donors (Lipinski definition) is 2. The van der Waals surface area contributed by atoms with Crippen molar-refractivity contribution in [2.24, 2.45) is 0 Å². The molecule has 0 radical (unpaired) electrons. The summed E-state index contributed by atoms with van der Waals surface area (Å²) in [6.07, 6.45) is 0. The quantitative estimate of drug-likeness (QED) is 0.362. The molecule has 8 heteroatoms. The first kappa shape index (κ1) is 19.6. The summed E-state index contributed by atoms with van der Waals surface area (Å²) in [6, 6.07) is 21.7. The minimum Gasteiger partial charge on any atom is -0.336 e. The Morgan fingerprint density at radius 1 is 0.793 bits per heavy atom. The molecule has 0 fully saturated rings. The van der Waals surface area contributed by atoms with Gasteiger partial charge >= 0.3 is 0 Å². The maximum atomic E-state index is 12.9. The number of rotatable bonds is 5. The Labute approximate surface area is 182 Å². The molecule has 0 bridgehead atoms. The molecule has 4 aromatic rings. The predicted molar refractivity (Wildman–Crippen MR) is 124 cm³/mol. The maximum Gasteiger partial charge on any atom is 0.263 e. The number of para-hydroxylation sites is 3. The second-order valence-electron chi connectivity index (χ2n) is 6.43. The number of nitrogens with one attached hydrogen (secondary N) is 2. The van der Waals surface area contributed by atoms with Crippen molar-refractivity contribution < 1.29 is 8.42 Å². The number of aryl methyl sites for hydroxylation is 1. The molecule has 0 spiro atoms. The van der Waals surface area contributed by atoms with E-state index in [0.29, 0.717) is 16.9 Å². The third-order valence-corrected chi connectivity index (χ3v) is 6.56. The smallest absolute Gasteiger partial charge is 0.263 e. The number of sulfonamides is 1. The summed E-state index contributed by atoms with van der Waals surface area (Å²) in [4.78, 5) is 9.28. The van der Waals surface area contributed by atoms with Gasteiger partial charge in [-0.25, -0.2) is 18.4 Å². The fraction of sp³-hybridized carbons (Fsp3) is 0.0476. The monoisotopic (exact) mass is 516 g/mol. The van der Waals surface area contributed by atoms with Crippen molar-refractivity contribution in [2.75, 3.05) is 10.0 Å². The molecule has 3 aromatic carbocycles. The van der Waals surface area contributed by atoms with Crippen molar-refractivity contribution >= 4 is 61.0 Å². The van der Waals surface area contributed by atoms with Crippen molar-refractivity contribution in [1.29, 1.82) is 0 Å². The Bertz CT molecular complexity index is 1290. The minimum atomic E-state index is -3.82. The Morgan fingerprint density at radius 3 is 2.03 bits per heavy atom. The van der Waals surface area contributed by atoms with Crippen LogP contribution in [0.4, 0.5) is 17.3 Å². The molecule has 0 aliphatic heterocycles. The van der Waals surface area contributed by atoms with Gasteiger partial charge in [0.05, 0.1) is 21.6 Å². The van der Waals surface area contributed by atoms with Gasteiger partial charge in [-0.15, -0.1) is 0 Å². The van der Waals surface area contributed by atoms with E-state index in [2.05, 4.69) is 42.6 Å². The van der Waals surface area contributed by atoms with Crippen LogP contribution in [-0.2, 0) is 10.0 Å². The zero-order valence-corrected chi connectivity index (χ0v) is 18.4. The summed E-state index contributed by atoms with van der Waals surface area (Å²) in [5.41, 5.74) is 3.06. The van der Waals surface area contributed by atoms with Crippen LogP contribution < -0.4 is 10.0 Å². The second-order valence-corrected chi connectivity index (χ2v) is 9.28. The summed E-state index contributed by atoms with van der Waals surface area (Å²) in [5.74, 6) is 0.479. The normalized spacial score (nSPS) is 11.4. The first-order valence-electron chi connectivity index (χ1n) is 8.80. The van der Waals surface area contributed by atoms with Crippen LogP contribution in [0.5, 0.6) is 0 Å². The Balaban J connectivity index is 1.79. The van der Waals surface area contributed by atoms with Gasteiger partial charge < -0.3 is 5.32 Å². The van der Waals surface area contributed by atoms with Gasteiger partial charge in [0, 0.05) is 3.57 Å². The van der Waals surface area contributed by atoms with Crippen LogP contribution in [0.3, 0.4) is 0 Å². The standard InChI is InChI=1S/C21H17IN4O2S/c1-14-10-12-15(13-11-14)29(27,28)26-21-20(23-17-7-3-2-6-16(17)22)24-18-8-4-5-9-19(18)25-21/h2-13H,1H3,(H,23,24)(H,25,26). The number of anilines is 3. The fourth-order valence-electron chi connectivity index (χ4n) is 2.75. The van der Waals surface area contributed by atoms with E-state index in [4.69, 9.17) is 0 Å². The van der Waals surface area contributed by atoms with Gasteiger partial charge in [-0.2, -0.15) is 0 Å². The fourth-order valence-corrected chi connectivity index (χ4v) is 4.28. The molecule has 29 heavy (non-hydrogen) atoms. The SMILES string of the molecule is Cc1ccc(S(=O)(=O)Nc2nc3ccccc3nc2Nc2ccccc2I)cc1. The molecular weight excluding hydrogens is 499 g/mol. The average molecular weight is 516 g/mol. The second kappa shape index (κ2) is 7.96. The molecule has 0 saturated heterocycles. The van der Waals surface area contributed by atoms with E-state index in [0.717, 1.165) is 14.8 Å². The molecule has 1 aromatic heterocycles. The van der Waals surface area contributed by atoms with Crippen molar-refractivity contribution in [2.45, 2.75) is 11.8 Å². The summed E-state index contributed by atoms with van der Waals surface area (Å²) < 4.78 is 29.4. The van der Waals surface area contributed by atoms with Crippen LogP contribution in [0.15, 0.2) is 77.7 Å². The minimum absolute atomic E-state index is 0.143. The van der Waals surface area contributed by atoms with E-state index in [-0.39, 0.29) is 10.7 Å². The van der Waals surface area contributed by atoms with E-state index in [1.54, 1.807) is 30.3 Å². The van der Waals surface area contributed by atoms with Crippen LogP contribution in [0.1, 0.15) is 5.56 Å². The lowest BCUT2D eigenvalue weighted by molar-refractivity contribution is 0.601. The first-order valence-corrected chi connectivity index (χ1v) is 11.4. The van der Waals surface area contributed by atoms with Gasteiger partial charge in [0.2, 0.25) is 0 Å². The average Bonchev–Trinajstić information content (AvgIpc) is 2.70. The molecule has 0 unspecified atom stereocenters. The molecular formula is C21H17IN4O2S. The van der Waals surface area contributed by atoms with Crippen LogP contribution in [0, 0.1) is 10.5 Å². The molecule has 6 nitrogen and oxygen atoms in total. The number of halogens is 1.